The molecule has 1 unspecified atom stereocenters. The maximum atomic E-state index is 13.6. The molecule has 0 amide bonds. The largest absolute Gasteiger partial charge is 0.494 e. The number of ether oxygens (including phenoxy) is 1. The van der Waals surface area contributed by atoms with Crippen molar-refractivity contribution in [1.82, 2.24) is 0 Å². The molecule has 1 atom stereocenters. The van der Waals surface area contributed by atoms with Crippen LogP contribution in [-0.2, 0) is 0 Å². The van der Waals surface area contributed by atoms with Crippen molar-refractivity contribution in [2.24, 2.45) is 0 Å². The van der Waals surface area contributed by atoms with Gasteiger partial charge in [0.05, 0.1) is 6.61 Å². The van der Waals surface area contributed by atoms with E-state index in [-0.39, 0.29) is 5.56 Å². The van der Waals surface area contributed by atoms with E-state index in [1.807, 2.05) is 6.92 Å². The van der Waals surface area contributed by atoms with Gasteiger partial charge in [0.15, 0.2) is 0 Å². The van der Waals surface area contributed by atoms with Gasteiger partial charge in [-0.15, -0.1) is 0 Å². The maximum absolute atomic E-state index is 13.6. The lowest BCUT2D eigenvalue weighted by Crippen LogP contribution is -2.03. The van der Waals surface area contributed by atoms with Crippen molar-refractivity contribution in [3.05, 3.63) is 65.2 Å². The van der Waals surface area contributed by atoms with Gasteiger partial charge in [0, 0.05) is 5.56 Å². The molecule has 0 heterocycles. The lowest BCUT2D eigenvalue weighted by Gasteiger charge is -2.13. The Bertz CT molecular complexity index is 553. The van der Waals surface area contributed by atoms with Crippen LogP contribution in [0.15, 0.2) is 42.5 Å². The average molecular weight is 264 g/mol. The summed E-state index contributed by atoms with van der Waals surface area (Å²) in [5.41, 5.74) is 0.400. The Hall–Kier alpha value is -1.94. The third-order valence-electron chi connectivity index (χ3n) is 2.76. The van der Waals surface area contributed by atoms with Crippen molar-refractivity contribution < 1.29 is 18.6 Å². The van der Waals surface area contributed by atoms with E-state index >= 15 is 0 Å². The molecule has 2 aromatic carbocycles. The van der Waals surface area contributed by atoms with Gasteiger partial charge >= 0.3 is 0 Å². The Labute approximate surface area is 110 Å². The summed E-state index contributed by atoms with van der Waals surface area (Å²) in [6, 6.07) is 9.63. The van der Waals surface area contributed by atoms with E-state index in [1.165, 1.54) is 0 Å². The molecule has 0 saturated heterocycles. The number of aliphatic hydroxyl groups is 1. The van der Waals surface area contributed by atoms with Crippen LogP contribution < -0.4 is 4.74 Å². The van der Waals surface area contributed by atoms with Crippen LogP contribution >= 0.6 is 0 Å². The summed E-state index contributed by atoms with van der Waals surface area (Å²) >= 11 is 0. The van der Waals surface area contributed by atoms with Crippen LogP contribution in [0, 0.1) is 11.6 Å². The lowest BCUT2D eigenvalue weighted by atomic mass is 10.0. The molecule has 0 saturated carbocycles. The van der Waals surface area contributed by atoms with Crippen LogP contribution in [0.1, 0.15) is 24.2 Å². The smallest absolute Gasteiger partial charge is 0.129 e. The molecule has 2 rings (SSSR count). The van der Waals surface area contributed by atoms with Gasteiger partial charge in [-0.2, -0.15) is 0 Å². The fourth-order valence-electron chi connectivity index (χ4n) is 1.82. The third kappa shape index (κ3) is 3.09. The van der Waals surface area contributed by atoms with Gasteiger partial charge in [-0.25, -0.2) is 8.78 Å². The molecular weight excluding hydrogens is 250 g/mol. The lowest BCUT2D eigenvalue weighted by molar-refractivity contribution is 0.214. The van der Waals surface area contributed by atoms with Crippen molar-refractivity contribution in [3.63, 3.8) is 0 Å². The number of hydrogen-bond donors (Lipinski definition) is 1. The average Bonchev–Trinajstić information content (AvgIpc) is 2.42. The second kappa shape index (κ2) is 5.80. The van der Waals surface area contributed by atoms with Gasteiger partial charge in [0.1, 0.15) is 23.5 Å². The summed E-state index contributed by atoms with van der Waals surface area (Å²) < 4.78 is 31.9. The molecule has 0 spiro atoms. The molecule has 4 heteroatoms. The SMILES string of the molecule is CCOc1ccc(C(O)c2cc(F)ccc2F)cc1. The fourth-order valence-corrected chi connectivity index (χ4v) is 1.82. The van der Waals surface area contributed by atoms with Crippen LogP contribution in [0.25, 0.3) is 0 Å². The summed E-state index contributed by atoms with van der Waals surface area (Å²) in [5, 5.41) is 10.1. The first-order valence-electron chi connectivity index (χ1n) is 5.97. The number of hydrogen-bond acceptors (Lipinski definition) is 2. The maximum Gasteiger partial charge on any atom is 0.129 e. The highest BCUT2D eigenvalue weighted by atomic mass is 19.1. The van der Waals surface area contributed by atoms with E-state index in [1.54, 1.807) is 24.3 Å². The Morgan fingerprint density at radius 1 is 1.11 bits per heavy atom. The first-order chi connectivity index (χ1) is 9.11. The molecular formula is C15H14F2O2. The number of aliphatic hydroxyl groups excluding tert-OH is 1. The fraction of sp³-hybridized carbons (Fsp3) is 0.200. The third-order valence-corrected chi connectivity index (χ3v) is 2.76. The second-order valence-corrected chi connectivity index (χ2v) is 4.07. The molecule has 19 heavy (non-hydrogen) atoms. The highest BCUT2D eigenvalue weighted by Gasteiger charge is 2.15. The zero-order chi connectivity index (χ0) is 13.8. The topological polar surface area (TPSA) is 29.5 Å². The first-order valence-corrected chi connectivity index (χ1v) is 5.97. The monoisotopic (exact) mass is 264 g/mol. The molecule has 100 valence electrons. The normalized spacial score (nSPS) is 12.2. The van der Waals surface area contributed by atoms with E-state index in [0.29, 0.717) is 17.9 Å². The van der Waals surface area contributed by atoms with Gasteiger partial charge in [-0.1, -0.05) is 12.1 Å². The van der Waals surface area contributed by atoms with E-state index in [9.17, 15) is 13.9 Å². The van der Waals surface area contributed by atoms with Gasteiger partial charge in [-0.05, 0) is 42.8 Å². The van der Waals surface area contributed by atoms with Gasteiger partial charge < -0.3 is 9.84 Å². The van der Waals surface area contributed by atoms with Crippen molar-refractivity contribution >= 4 is 0 Å². The van der Waals surface area contributed by atoms with Gasteiger partial charge in [0.2, 0.25) is 0 Å². The second-order valence-electron chi connectivity index (χ2n) is 4.07. The predicted octanol–water partition coefficient (Wildman–Crippen LogP) is 3.45. The molecule has 0 aliphatic rings. The van der Waals surface area contributed by atoms with E-state index < -0.39 is 17.7 Å². The molecule has 1 N–H and O–H groups in total. The summed E-state index contributed by atoms with van der Waals surface area (Å²) in [4.78, 5) is 0. The number of rotatable bonds is 4. The van der Waals surface area contributed by atoms with Crippen LogP contribution in [-0.4, -0.2) is 11.7 Å². The molecule has 0 aliphatic heterocycles. The Kier molecular flexibility index (Phi) is 4.12. The minimum absolute atomic E-state index is 0.0795. The van der Waals surface area contributed by atoms with Crippen molar-refractivity contribution in [1.29, 1.82) is 0 Å². The quantitative estimate of drug-likeness (QED) is 0.916. The van der Waals surface area contributed by atoms with Crippen molar-refractivity contribution in [2.75, 3.05) is 6.61 Å². The minimum atomic E-state index is -1.20. The van der Waals surface area contributed by atoms with Crippen LogP contribution in [0.5, 0.6) is 5.75 Å². The zero-order valence-electron chi connectivity index (χ0n) is 10.4. The van der Waals surface area contributed by atoms with E-state index in [4.69, 9.17) is 4.74 Å². The summed E-state index contributed by atoms with van der Waals surface area (Å²) in [6.45, 7) is 2.41. The number of halogens is 2. The first kappa shape index (κ1) is 13.5. The highest BCUT2D eigenvalue weighted by Crippen LogP contribution is 2.26. The van der Waals surface area contributed by atoms with Crippen molar-refractivity contribution in [3.8, 4) is 5.75 Å². The van der Waals surface area contributed by atoms with Crippen molar-refractivity contribution in [2.45, 2.75) is 13.0 Å². The molecule has 2 aromatic rings. The molecule has 2 nitrogen and oxygen atoms in total. The highest BCUT2D eigenvalue weighted by molar-refractivity contribution is 5.34. The standard InChI is InChI=1S/C15H14F2O2/c1-2-19-12-6-3-10(4-7-12)15(18)13-9-11(16)5-8-14(13)17/h3-9,15,18H,2H2,1H3. The summed E-state index contributed by atoms with van der Waals surface area (Å²) in [5.74, 6) is -0.553. The van der Waals surface area contributed by atoms with E-state index in [2.05, 4.69) is 0 Å². The zero-order valence-corrected chi connectivity index (χ0v) is 10.4. The predicted molar refractivity (Wildman–Crippen MR) is 68.0 cm³/mol. The summed E-state index contributed by atoms with van der Waals surface area (Å²) in [6.07, 6.45) is -1.20. The Morgan fingerprint density at radius 3 is 2.42 bits per heavy atom. The van der Waals surface area contributed by atoms with Crippen LogP contribution in [0.4, 0.5) is 8.78 Å². The molecule has 0 fully saturated rings. The van der Waals surface area contributed by atoms with Gasteiger partial charge in [-0.3, -0.25) is 0 Å². The molecule has 0 radical (unpaired) electrons. The van der Waals surface area contributed by atoms with E-state index in [0.717, 1.165) is 18.2 Å². The van der Waals surface area contributed by atoms with Crippen LogP contribution in [0.2, 0.25) is 0 Å². The Morgan fingerprint density at radius 2 is 1.79 bits per heavy atom. The summed E-state index contributed by atoms with van der Waals surface area (Å²) in [7, 11) is 0. The minimum Gasteiger partial charge on any atom is -0.494 e. The number of benzene rings is 2. The Balaban J connectivity index is 2.27. The molecule has 0 aliphatic carbocycles. The molecule has 0 aromatic heterocycles. The van der Waals surface area contributed by atoms with Crippen LogP contribution in [0.3, 0.4) is 0 Å². The van der Waals surface area contributed by atoms with Gasteiger partial charge in [0.25, 0.3) is 0 Å². The molecule has 0 bridgehead atoms.